The van der Waals surface area contributed by atoms with Crippen molar-refractivity contribution < 1.29 is 0 Å². The van der Waals surface area contributed by atoms with Crippen LogP contribution in [0.3, 0.4) is 0 Å². The van der Waals surface area contributed by atoms with Crippen molar-refractivity contribution in [2.75, 3.05) is 0 Å². The minimum absolute atomic E-state index is 0.230. The number of rotatable bonds is 5. The van der Waals surface area contributed by atoms with E-state index in [4.69, 9.17) is 5.73 Å². The lowest BCUT2D eigenvalue weighted by Crippen LogP contribution is -2.19. The predicted molar refractivity (Wildman–Crippen MR) is 57.9 cm³/mol. The molecule has 3 heteroatoms. The highest BCUT2D eigenvalue weighted by Crippen LogP contribution is 2.23. The molecule has 0 aliphatic heterocycles. The lowest BCUT2D eigenvalue weighted by molar-refractivity contribution is 0.505. The van der Waals surface area contributed by atoms with Gasteiger partial charge in [0.1, 0.15) is 0 Å². The van der Waals surface area contributed by atoms with Crippen LogP contribution in [0.1, 0.15) is 44.7 Å². The maximum absolute atomic E-state index is 5.81. The van der Waals surface area contributed by atoms with Gasteiger partial charge in [0, 0.05) is 30.6 Å². The summed E-state index contributed by atoms with van der Waals surface area (Å²) in [6.07, 6.45) is 8.60. The molecule has 1 rings (SSSR count). The Labute approximate surface area is 85.8 Å². The van der Waals surface area contributed by atoms with E-state index >= 15 is 0 Å². The van der Waals surface area contributed by atoms with Crippen LogP contribution in [-0.4, -0.2) is 16.0 Å². The van der Waals surface area contributed by atoms with Crippen molar-refractivity contribution in [2.24, 2.45) is 5.73 Å². The van der Waals surface area contributed by atoms with Crippen LogP contribution in [0.4, 0.5) is 0 Å². The molecular formula is C11H19N3. The van der Waals surface area contributed by atoms with Crippen LogP contribution in [0, 0.1) is 0 Å². The van der Waals surface area contributed by atoms with E-state index in [1.165, 1.54) is 0 Å². The van der Waals surface area contributed by atoms with Crippen LogP contribution in [-0.2, 0) is 0 Å². The van der Waals surface area contributed by atoms with E-state index in [0.29, 0.717) is 5.92 Å². The van der Waals surface area contributed by atoms with E-state index in [-0.39, 0.29) is 6.04 Å². The average molecular weight is 193 g/mol. The zero-order valence-electron chi connectivity index (χ0n) is 8.98. The molecule has 0 saturated heterocycles. The normalized spacial score (nSPS) is 15.1. The molecule has 14 heavy (non-hydrogen) atoms. The Morgan fingerprint density at radius 2 is 2.21 bits per heavy atom. The number of nitrogens with zero attached hydrogens (tertiary/aromatic N) is 2. The Balaban J connectivity index is 2.67. The maximum atomic E-state index is 5.81. The van der Waals surface area contributed by atoms with Crippen molar-refractivity contribution in [3.05, 3.63) is 24.3 Å². The van der Waals surface area contributed by atoms with Crippen LogP contribution in [0.15, 0.2) is 18.6 Å². The third kappa shape index (κ3) is 3.42. The number of hydrogen-bond acceptors (Lipinski definition) is 3. The third-order valence-electron chi connectivity index (χ3n) is 2.29. The van der Waals surface area contributed by atoms with Gasteiger partial charge < -0.3 is 5.73 Å². The second-order valence-electron chi connectivity index (χ2n) is 3.83. The molecule has 0 aliphatic rings. The highest BCUT2D eigenvalue weighted by atomic mass is 14.8. The second kappa shape index (κ2) is 5.70. The second-order valence-corrected chi connectivity index (χ2v) is 3.83. The van der Waals surface area contributed by atoms with Gasteiger partial charge in [0.15, 0.2) is 0 Å². The fraction of sp³-hybridized carbons (Fsp3) is 0.636. The summed E-state index contributed by atoms with van der Waals surface area (Å²) in [5.74, 6) is 0.466. The standard InChI is InChI=1S/C11H19N3/c1-3-4-10(7-9(2)12)11-8-13-5-6-14-11/h5-6,8-10H,3-4,7,12H2,1-2H3/t9?,10-/m0/s1. The smallest absolute Gasteiger partial charge is 0.0618 e. The van der Waals surface area contributed by atoms with Gasteiger partial charge in [-0.2, -0.15) is 0 Å². The Hall–Kier alpha value is -0.960. The number of hydrogen-bond donors (Lipinski definition) is 1. The highest BCUT2D eigenvalue weighted by Gasteiger charge is 2.13. The third-order valence-corrected chi connectivity index (χ3v) is 2.29. The first-order chi connectivity index (χ1) is 6.74. The van der Waals surface area contributed by atoms with Gasteiger partial charge in [0.05, 0.1) is 5.69 Å². The summed E-state index contributed by atoms with van der Waals surface area (Å²) in [6.45, 7) is 4.23. The first kappa shape index (κ1) is 11.1. The van der Waals surface area contributed by atoms with Gasteiger partial charge in [-0.3, -0.25) is 9.97 Å². The predicted octanol–water partition coefficient (Wildman–Crippen LogP) is 2.10. The minimum atomic E-state index is 0.230. The summed E-state index contributed by atoms with van der Waals surface area (Å²) < 4.78 is 0. The zero-order chi connectivity index (χ0) is 10.4. The molecular weight excluding hydrogens is 174 g/mol. The summed E-state index contributed by atoms with van der Waals surface area (Å²) in [5, 5.41) is 0. The van der Waals surface area contributed by atoms with Gasteiger partial charge in [0.25, 0.3) is 0 Å². The van der Waals surface area contributed by atoms with E-state index < -0.39 is 0 Å². The topological polar surface area (TPSA) is 51.8 Å². The molecule has 0 saturated carbocycles. The van der Waals surface area contributed by atoms with E-state index in [2.05, 4.69) is 16.9 Å². The molecule has 0 aromatic carbocycles. The lowest BCUT2D eigenvalue weighted by atomic mass is 9.93. The van der Waals surface area contributed by atoms with Crippen LogP contribution >= 0.6 is 0 Å². The van der Waals surface area contributed by atoms with Crippen LogP contribution in [0.5, 0.6) is 0 Å². The fourth-order valence-electron chi connectivity index (χ4n) is 1.71. The Bertz CT molecular complexity index is 246. The molecule has 0 spiro atoms. The van der Waals surface area contributed by atoms with Gasteiger partial charge in [0.2, 0.25) is 0 Å². The van der Waals surface area contributed by atoms with E-state index in [1.54, 1.807) is 12.4 Å². The number of aromatic nitrogens is 2. The van der Waals surface area contributed by atoms with Crippen LogP contribution < -0.4 is 5.73 Å². The molecule has 2 N–H and O–H groups in total. The summed E-state index contributed by atoms with van der Waals surface area (Å²) in [4.78, 5) is 8.42. The quantitative estimate of drug-likeness (QED) is 0.779. The maximum Gasteiger partial charge on any atom is 0.0618 e. The SMILES string of the molecule is CCC[C@@H](CC(C)N)c1cnccn1. The van der Waals surface area contributed by atoms with Gasteiger partial charge in [-0.25, -0.2) is 0 Å². The van der Waals surface area contributed by atoms with Crippen molar-refractivity contribution >= 4 is 0 Å². The molecule has 1 heterocycles. The van der Waals surface area contributed by atoms with E-state index in [1.807, 2.05) is 13.1 Å². The Kier molecular flexibility index (Phi) is 4.53. The van der Waals surface area contributed by atoms with Crippen LogP contribution in [0.25, 0.3) is 0 Å². The summed E-state index contributed by atoms with van der Waals surface area (Å²) >= 11 is 0. The molecule has 1 aromatic heterocycles. The van der Waals surface area contributed by atoms with E-state index in [0.717, 1.165) is 25.0 Å². The molecule has 0 radical (unpaired) electrons. The van der Waals surface area contributed by atoms with Gasteiger partial charge in [-0.15, -0.1) is 0 Å². The number of nitrogens with two attached hydrogens (primary N) is 1. The first-order valence-corrected chi connectivity index (χ1v) is 5.25. The molecule has 0 aliphatic carbocycles. The molecule has 1 unspecified atom stereocenters. The van der Waals surface area contributed by atoms with Crippen molar-refractivity contribution in [1.29, 1.82) is 0 Å². The van der Waals surface area contributed by atoms with Crippen LogP contribution in [0.2, 0.25) is 0 Å². The first-order valence-electron chi connectivity index (χ1n) is 5.25. The molecule has 78 valence electrons. The monoisotopic (exact) mass is 193 g/mol. The van der Waals surface area contributed by atoms with E-state index in [9.17, 15) is 0 Å². The molecule has 0 bridgehead atoms. The minimum Gasteiger partial charge on any atom is -0.328 e. The largest absolute Gasteiger partial charge is 0.328 e. The molecule has 3 nitrogen and oxygen atoms in total. The Morgan fingerprint density at radius 3 is 2.71 bits per heavy atom. The highest BCUT2D eigenvalue weighted by molar-refractivity contribution is 5.03. The van der Waals surface area contributed by atoms with Gasteiger partial charge in [-0.1, -0.05) is 13.3 Å². The van der Waals surface area contributed by atoms with Crippen molar-refractivity contribution in [3.8, 4) is 0 Å². The molecule has 2 atom stereocenters. The molecule has 1 aromatic rings. The van der Waals surface area contributed by atoms with Gasteiger partial charge >= 0.3 is 0 Å². The summed E-state index contributed by atoms with van der Waals surface area (Å²) in [6, 6.07) is 0.230. The van der Waals surface area contributed by atoms with Crippen molar-refractivity contribution in [1.82, 2.24) is 9.97 Å². The Morgan fingerprint density at radius 1 is 1.43 bits per heavy atom. The van der Waals surface area contributed by atoms with Gasteiger partial charge in [-0.05, 0) is 19.8 Å². The van der Waals surface area contributed by atoms with Crippen molar-refractivity contribution in [2.45, 2.75) is 45.1 Å². The van der Waals surface area contributed by atoms with Crippen molar-refractivity contribution in [3.63, 3.8) is 0 Å². The molecule has 0 fully saturated rings. The zero-order valence-corrected chi connectivity index (χ0v) is 8.98. The lowest BCUT2D eigenvalue weighted by Gasteiger charge is -2.16. The molecule has 0 amide bonds. The fourth-order valence-corrected chi connectivity index (χ4v) is 1.71. The average Bonchev–Trinajstić information content (AvgIpc) is 2.18. The summed E-state index contributed by atoms with van der Waals surface area (Å²) in [7, 11) is 0. The summed E-state index contributed by atoms with van der Waals surface area (Å²) in [5.41, 5.74) is 6.89.